The summed E-state index contributed by atoms with van der Waals surface area (Å²) < 4.78 is 16.8. The lowest BCUT2D eigenvalue weighted by Crippen LogP contribution is -2.30. The maximum atomic E-state index is 12.8. The van der Waals surface area contributed by atoms with Crippen molar-refractivity contribution in [2.75, 3.05) is 13.2 Å². The Morgan fingerprint density at radius 1 is 0.303 bits per heavy atom. The first-order valence-corrected chi connectivity index (χ1v) is 28.3. The number of esters is 3. The SMILES string of the molecule is CCCCCC/C=C\C/C=C\CCCCCCCCCC(=O)OCC(COC(=O)CCCCCCC/C=C\CCCCCCC)OC(=O)CCCCCCC/C=C\C/C=C\CCCCCC. The highest BCUT2D eigenvalue weighted by Crippen LogP contribution is 2.14. The summed E-state index contributed by atoms with van der Waals surface area (Å²) in [6.45, 7) is 6.59. The molecule has 6 nitrogen and oxygen atoms in total. The van der Waals surface area contributed by atoms with E-state index < -0.39 is 6.10 Å². The van der Waals surface area contributed by atoms with Crippen LogP contribution in [-0.2, 0) is 28.6 Å². The molecule has 0 saturated carbocycles. The highest BCUT2D eigenvalue weighted by atomic mass is 16.6. The zero-order chi connectivity index (χ0) is 47.9. The standard InChI is InChI=1S/C60H106O6/c1-4-7-10-13-16-19-22-25-28-30-31-33-35-38-41-44-47-50-53-59(62)65-56-57(55-64-58(61)52-49-46-43-40-37-34-27-24-21-18-15-12-9-6-3)66-60(63)54-51-48-45-42-39-36-32-29-26-23-20-17-14-11-8-5-2/h19-20,22-24,27-30,32,57H,4-18,21,25-26,31,33-56H2,1-3H3/b22-19-,23-20-,27-24-,30-28-,32-29-. The van der Waals surface area contributed by atoms with Gasteiger partial charge in [0, 0.05) is 19.3 Å². The van der Waals surface area contributed by atoms with Gasteiger partial charge in [-0.25, -0.2) is 0 Å². The van der Waals surface area contributed by atoms with E-state index in [9.17, 15) is 14.4 Å². The first-order valence-electron chi connectivity index (χ1n) is 28.3. The topological polar surface area (TPSA) is 78.9 Å². The van der Waals surface area contributed by atoms with Gasteiger partial charge >= 0.3 is 17.9 Å². The number of allylic oxidation sites excluding steroid dienone is 10. The molecule has 1 unspecified atom stereocenters. The molecular formula is C60H106O6. The molecule has 0 aromatic heterocycles. The molecule has 0 amide bonds. The van der Waals surface area contributed by atoms with E-state index in [0.717, 1.165) is 103 Å². The van der Waals surface area contributed by atoms with Gasteiger partial charge in [0.05, 0.1) is 0 Å². The number of carbonyl (C=O) groups excluding carboxylic acids is 3. The average molecular weight is 924 g/mol. The van der Waals surface area contributed by atoms with Crippen LogP contribution in [0.1, 0.15) is 284 Å². The number of hydrogen-bond acceptors (Lipinski definition) is 6. The van der Waals surface area contributed by atoms with Crippen molar-refractivity contribution in [2.45, 2.75) is 290 Å². The first-order chi connectivity index (χ1) is 32.5. The van der Waals surface area contributed by atoms with Crippen molar-refractivity contribution in [2.24, 2.45) is 0 Å². The molecule has 0 aliphatic heterocycles. The second-order valence-corrected chi connectivity index (χ2v) is 18.8. The number of hydrogen-bond donors (Lipinski definition) is 0. The Morgan fingerprint density at radius 2 is 0.545 bits per heavy atom. The molecule has 0 saturated heterocycles. The van der Waals surface area contributed by atoms with E-state index in [1.54, 1.807) is 0 Å². The molecule has 0 aliphatic carbocycles. The number of rotatable bonds is 51. The Labute approximate surface area is 409 Å². The highest BCUT2D eigenvalue weighted by Gasteiger charge is 2.19. The third kappa shape index (κ3) is 52.1. The fourth-order valence-corrected chi connectivity index (χ4v) is 7.91. The normalized spacial score (nSPS) is 12.5. The molecule has 0 heterocycles. The van der Waals surface area contributed by atoms with Crippen molar-refractivity contribution in [3.05, 3.63) is 60.8 Å². The molecule has 382 valence electrons. The number of unbranched alkanes of at least 4 members (excludes halogenated alkanes) is 30. The van der Waals surface area contributed by atoms with Gasteiger partial charge in [0.15, 0.2) is 6.10 Å². The van der Waals surface area contributed by atoms with Crippen LogP contribution in [0, 0.1) is 0 Å². The van der Waals surface area contributed by atoms with Gasteiger partial charge in [0.2, 0.25) is 0 Å². The molecule has 0 aliphatic rings. The molecule has 0 aromatic rings. The summed E-state index contributed by atoms with van der Waals surface area (Å²) >= 11 is 0. The summed E-state index contributed by atoms with van der Waals surface area (Å²) in [5, 5.41) is 0. The van der Waals surface area contributed by atoms with E-state index in [-0.39, 0.29) is 31.1 Å². The molecule has 0 fully saturated rings. The minimum absolute atomic E-state index is 0.0861. The minimum Gasteiger partial charge on any atom is -0.462 e. The average Bonchev–Trinajstić information content (AvgIpc) is 3.31. The van der Waals surface area contributed by atoms with Crippen LogP contribution in [0.5, 0.6) is 0 Å². The quantitative estimate of drug-likeness (QED) is 0.0262. The van der Waals surface area contributed by atoms with Crippen LogP contribution in [0.25, 0.3) is 0 Å². The fourth-order valence-electron chi connectivity index (χ4n) is 7.91. The first kappa shape index (κ1) is 63.1. The van der Waals surface area contributed by atoms with Crippen molar-refractivity contribution < 1.29 is 28.6 Å². The Bertz CT molecular complexity index is 1200. The third-order valence-corrected chi connectivity index (χ3v) is 12.2. The van der Waals surface area contributed by atoms with Crippen LogP contribution in [-0.4, -0.2) is 37.2 Å². The van der Waals surface area contributed by atoms with Crippen molar-refractivity contribution in [3.63, 3.8) is 0 Å². The molecule has 66 heavy (non-hydrogen) atoms. The van der Waals surface area contributed by atoms with Gasteiger partial charge in [0.25, 0.3) is 0 Å². The monoisotopic (exact) mass is 923 g/mol. The van der Waals surface area contributed by atoms with E-state index in [4.69, 9.17) is 14.2 Å². The highest BCUT2D eigenvalue weighted by molar-refractivity contribution is 5.71. The molecular weight excluding hydrogens is 817 g/mol. The summed E-state index contributed by atoms with van der Waals surface area (Å²) in [7, 11) is 0. The summed E-state index contributed by atoms with van der Waals surface area (Å²) in [6.07, 6.45) is 67.7. The van der Waals surface area contributed by atoms with Crippen LogP contribution < -0.4 is 0 Å². The lowest BCUT2D eigenvalue weighted by Gasteiger charge is -2.18. The molecule has 0 rings (SSSR count). The zero-order valence-corrected chi connectivity index (χ0v) is 43.7. The van der Waals surface area contributed by atoms with E-state index in [1.807, 2.05) is 0 Å². The second kappa shape index (κ2) is 54.7. The molecule has 0 radical (unpaired) electrons. The van der Waals surface area contributed by atoms with Crippen LogP contribution in [0.4, 0.5) is 0 Å². The summed E-state index contributed by atoms with van der Waals surface area (Å²) in [4.78, 5) is 38.1. The van der Waals surface area contributed by atoms with Gasteiger partial charge in [-0.05, 0) is 109 Å². The van der Waals surface area contributed by atoms with E-state index in [2.05, 4.69) is 81.5 Å². The van der Waals surface area contributed by atoms with Gasteiger partial charge in [0.1, 0.15) is 13.2 Å². The van der Waals surface area contributed by atoms with Gasteiger partial charge < -0.3 is 14.2 Å². The maximum absolute atomic E-state index is 12.8. The Kier molecular flexibility index (Phi) is 52.3. The van der Waals surface area contributed by atoms with Crippen molar-refractivity contribution in [1.29, 1.82) is 0 Å². The third-order valence-electron chi connectivity index (χ3n) is 12.2. The lowest BCUT2D eigenvalue weighted by molar-refractivity contribution is -0.167. The van der Waals surface area contributed by atoms with Gasteiger partial charge in [-0.15, -0.1) is 0 Å². The van der Waals surface area contributed by atoms with Crippen molar-refractivity contribution in [1.82, 2.24) is 0 Å². The number of carbonyl (C=O) groups is 3. The predicted molar refractivity (Wildman–Crippen MR) is 284 cm³/mol. The van der Waals surface area contributed by atoms with Gasteiger partial charge in [-0.1, -0.05) is 216 Å². The summed E-state index contributed by atoms with van der Waals surface area (Å²) in [5.74, 6) is -0.907. The Hall–Kier alpha value is -2.89. The maximum Gasteiger partial charge on any atom is 0.306 e. The lowest BCUT2D eigenvalue weighted by atomic mass is 10.1. The van der Waals surface area contributed by atoms with Crippen LogP contribution >= 0.6 is 0 Å². The molecule has 6 heteroatoms. The zero-order valence-electron chi connectivity index (χ0n) is 43.7. The summed E-state index contributed by atoms with van der Waals surface area (Å²) in [6, 6.07) is 0. The van der Waals surface area contributed by atoms with E-state index in [1.165, 1.54) is 141 Å². The molecule has 0 spiro atoms. The minimum atomic E-state index is -0.788. The van der Waals surface area contributed by atoms with Gasteiger partial charge in [-0.2, -0.15) is 0 Å². The van der Waals surface area contributed by atoms with Crippen LogP contribution in [0.3, 0.4) is 0 Å². The smallest absolute Gasteiger partial charge is 0.306 e. The molecule has 1 atom stereocenters. The fraction of sp³-hybridized carbons (Fsp3) is 0.783. The largest absolute Gasteiger partial charge is 0.462 e. The van der Waals surface area contributed by atoms with Crippen LogP contribution in [0.15, 0.2) is 60.8 Å². The number of ether oxygens (including phenoxy) is 3. The molecule has 0 N–H and O–H groups in total. The predicted octanol–water partition coefficient (Wildman–Crippen LogP) is 18.8. The van der Waals surface area contributed by atoms with Crippen LogP contribution in [0.2, 0.25) is 0 Å². The van der Waals surface area contributed by atoms with Gasteiger partial charge in [-0.3, -0.25) is 14.4 Å². The van der Waals surface area contributed by atoms with E-state index in [0.29, 0.717) is 19.3 Å². The summed E-state index contributed by atoms with van der Waals surface area (Å²) in [5.41, 5.74) is 0. The Balaban J connectivity index is 4.41. The molecule has 0 bridgehead atoms. The molecule has 0 aromatic carbocycles. The van der Waals surface area contributed by atoms with Crippen molar-refractivity contribution in [3.8, 4) is 0 Å². The second-order valence-electron chi connectivity index (χ2n) is 18.8. The Morgan fingerprint density at radius 3 is 0.864 bits per heavy atom. The van der Waals surface area contributed by atoms with E-state index >= 15 is 0 Å². The van der Waals surface area contributed by atoms with Crippen molar-refractivity contribution >= 4 is 17.9 Å².